The molecule has 9 heteroatoms. The summed E-state index contributed by atoms with van der Waals surface area (Å²) >= 11 is 0. The highest BCUT2D eigenvalue weighted by molar-refractivity contribution is 6.00. The van der Waals surface area contributed by atoms with E-state index in [2.05, 4.69) is 20.6 Å². The predicted octanol–water partition coefficient (Wildman–Crippen LogP) is 2.00. The van der Waals surface area contributed by atoms with Gasteiger partial charge in [-0.25, -0.2) is 0 Å². The van der Waals surface area contributed by atoms with Gasteiger partial charge in [0.05, 0.1) is 12.8 Å². The van der Waals surface area contributed by atoms with E-state index in [0.29, 0.717) is 24.5 Å². The number of anilines is 2. The van der Waals surface area contributed by atoms with Crippen LogP contribution in [0.3, 0.4) is 0 Å². The molecule has 1 atom stereocenters. The van der Waals surface area contributed by atoms with Gasteiger partial charge >= 0.3 is 6.01 Å². The molecule has 1 aliphatic heterocycles. The zero-order valence-electron chi connectivity index (χ0n) is 15.3. The number of hydrogen-bond donors (Lipinski definition) is 1. The standard InChI is InChI=1S/C18H20N6O3/c1-11-9-15(23(2)21-11)24-8-7-14(17(24)25)19-18-20-16(22-27-18)12-5-4-6-13(10-12)26-3/h4-6,9-10,14H,7-8H2,1-3H3,(H,19,20,22). The van der Waals surface area contributed by atoms with Crippen LogP contribution in [-0.4, -0.2) is 45.5 Å². The first-order chi connectivity index (χ1) is 13.0. The van der Waals surface area contributed by atoms with Crippen molar-refractivity contribution in [3.05, 3.63) is 36.0 Å². The number of rotatable bonds is 5. The zero-order chi connectivity index (χ0) is 19.0. The van der Waals surface area contributed by atoms with Gasteiger partial charge in [0.25, 0.3) is 5.91 Å². The Morgan fingerprint density at radius 1 is 1.33 bits per heavy atom. The summed E-state index contributed by atoms with van der Waals surface area (Å²) in [4.78, 5) is 18.8. The van der Waals surface area contributed by atoms with Crippen molar-refractivity contribution in [1.82, 2.24) is 19.9 Å². The largest absolute Gasteiger partial charge is 0.497 e. The number of aryl methyl sites for hydroxylation is 2. The number of methoxy groups -OCH3 is 1. The highest BCUT2D eigenvalue weighted by Gasteiger charge is 2.35. The average molecular weight is 368 g/mol. The second kappa shape index (κ2) is 6.75. The third kappa shape index (κ3) is 3.23. The Morgan fingerprint density at radius 3 is 2.93 bits per heavy atom. The van der Waals surface area contributed by atoms with E-state index in [1.54, 1.807) is 16.7 Å². The summed E-state index contributed by atoms with van der Waals surface area (Å²) in [5, 5.41) is 11.3. The second-order valence-corrected chi connectivity index (χ2v) is 6.40. The van der Waals surface area contributed by atoms with Crippen molar-refractivity contribution in [1.29, 1.82) is 0 Å². The fraction of sp³-hybridized carbons (Fsp3) is 0.333. The van der Waals surface area contributed by atoms with Crippen LogP contribution in [0.15, 0.2) is 34.9 Å². The van der Waals surface area contributed by atoms with Gasteiger partial charge in [-0.1, -0.05) is 17.3 Å². The van der Waals surface area contributed by atoms with Crippen LogP contribution in [0.25, 0.3) is 11.4 Å². The molecule has 0 radical (unpaired) electrons. The minimum atomic E-state index is -0.418. The van der Waals surface area contributed by atoms with Gasteiger partial charge in [-0.15, -0.1) is 0 Å². The highest BCUT2D eigenvalue weighted by atomic mass is 16.5. The van der Waals surface area contributed by atoms with E-state index in [-0.39, 0.29) is 11.9 Å². The van der Waals surface area contributed by atoms with Gasteiger partial charge in [-0.2, -0.15) is 10.1 Å². The quantitative estimate of drug-likeness (QED) is 0.735. The summed E-state index contributed by atoms with van der Waals surface area (Å²) in [7, 11) is 3.43. The minimum Gasteiger partial charge on any atom is -0.497 e. The van der Waals surface area contributed by atoms with Crippen LogP contribution in [0, 0.1) is 6.92 Å². The first kappa shape index (κ1) is 17.1. The fourth-order valence-electron chi connectivity index (χ4n) is 3.20. The van der Waals surface area contributed by atoms with Crippen molar-refractivity contribution >= 4 is 17.7 Å². The Balaban J connectivity index is 1.48. The molecular formula is C18H20N6O3. The Hall–Kier alpha value is -3.36. The molecule has 3 heterocycles. The lowest BCUT2D eigenvalue weighted by Gasteiger charge is -2.16. The normalized spacial score (nSPS) is 16.8. The zero-order valence-corrected chi connectivity index (χ0v) is 15.3. The molecule has 1 aromatic carbocycles. The maximum absolute atomic E-state index is 12.7. The molecule has 1 N–H and O–H groups in total. The van der Waals surface area contributed by atoms with E-state index in [9.17, 15) is 4.79 Å². The topological polar surface area (TPSA) is 98.3 Å². The molecule has 2 aromatic heterocycles. The predicted molar refractivity (Wildman–Crippen MR) is 98.6 cm³/mol. The molecule has 0 spiro atoms. The van der Waals surface area contributed by atoms with E-state index >= 15 is 0 Å². The summed E-state index contributed by atoms with van der Waals surface area (Å²) < 4.78 is 12.2. The number of nitrogens with zero attached hydrogens (tertiary/aromatic N) is 5. The molecule has 0 aliphatic carbocycles. The Morgan fingerprint density at radius 2 is 2.19 bits per heavy atom. The summed E-state index contributed by atoms with van der Waals surface area (Å²) in [6, 6.07) is 9.08. The summed E-state index contributed by atoms with van der Waals surface area (Å²) in [5.74, 6) is 1.88. The number of hydrogen-bond acceptors (Lipinski definition) is 7. The van der Waals surface area contributed by atoms with Crippen molar-refractivity contribution in [3.63, 3.8) is 0 Å². The van der Waals surface area contributed by atoms with Gasteiger partial charge in [0.2, 0.25) is 5.82 Å². The van der Waals surface area contributed by atoms with Crippen LogP contribution in [0.5, 0.6) is 5.75 Å². The lowest BCUT2D eigenvalue weighted by atomic mass is 10.2. The molecule has 27 heavy (non-hydrogen) atoms. The molecule has 1 unspecified atom stereocenters. The van der Waals surface area contributed by atoms with Crippen LogP contribution in [0.2, 0.25) is 0 Å². The monoisotopic (exact) mass is 368 g/mol. The van der Waals surface area contributed by atoms with Gasteiger partial charge < -0.3 is 14.6 Å². The smallest absolute Gasteiger partial charge is 0.322 e. The maximum Gasteiger partial charge on any atom is 0.322 e. The molecule has 4 rings (SSSR count). The molecule has 0 bridgehead atoms. The van der Waals surface area contributed by atoms with E-state index in [4.69, 9.17) is 9.26 Å². The summed E-state index contributed by atoms with van der Waals surface area (Å²) in [6.07, 6.45) is 0.639. The Bertz CT molecular complexity index is 979. The number of aromatic nitrogens is 4. The maximum atomic E-state index is 12.7. The van der Waals surface area contributed by atoms with Gasteiger partial charge in [0, 0.05) is 25.2 Å². The van der Waals surface area contributed by atoms with E-state index < -0.39 is 6.04 Å². The lowest BCUT2D eigenvalue weighted by Crippen LogP contribution is -2.34. The van der Waals surface area contributed by atoms with Crippen LogP contribution in [-0.2, 0) is 11.8 Å². The first-order valence-electron chi connectivity index (χ1n) is 8.62. The first-order valence-corrected chi connectivity index (χ1v) is 8.62. The average Bonchev–Trinajstić information content (AvgIpc) is 3.36. The van der Waals surface area contributed by atoms with Gasteiger partial charge in [-0.05, 0) is 25.5 Å². The number of nitrogens with one attached hydrogen (secondary N) is 1. The van der Waals surface area contributed by atoms with Crippen molar-refractivity contribution in [2.24, 2.45) is 7.05 Å². The molecular weight excluding hydrogens is 348 g/mol. The molecule has 0 saturated carbocycles. The molecule has 140 valence electrons. The van der Waals surface area contributed by atoms with Gasteiger partial charge in [0.15, 0.2) is 0 Å². The molecule has 1 saturated heterocycles. The highest BCUT2D eigenvalue weighted by Crippen LogP contribution is 2.25. The molecule has 3 aromatic rings. The molecule has 9 nitrogen and oxygen atoms in total. The fourth-order valence-corrected chi connectivity index (χ4v) is 3.20. The minimum absolute atomic E-state index is 0.0425. The third-order valence-corrected chi connectivity index (χ3v) is 4.51. The van der Waals surface area contributed by atoms with E-state index in [1.165, 1.54) is 0 Å². The summed E-state index contributed by atoms with van der Waals surface area (Å²) in [5.41, 5.74) is 1.65. The van der Waals surface area contributed by atoms with Crippen LogP contribution in [0.4, 0.5) is 11.8 Å². The molecule has 1 aliphatic rings. The van der Waals surface area contributed by atoms with E-state index in [0.717, 1.165) is 17.1 Å². The SMILES string of the molecule is COc1cccc(-c2noc(NC3CCN(c4cc(C)nn4C)C3=O)n2)c1. The number of ether oxygens (including phenoxy) is 1. The Kier molecular flexibility index (Phi) is 4.27. The second-order valence-electron chi connectivity index (χ2n) is 6.40. The van der Waals surface area contributed by atoms with Gasteiger partial charge in [-0.3, -0.25) is 14.4 Å². The van der Waals surface area contributed by atoms with Crippen LogP contribution in [0.1, 0.15) is 12.1 Å². The van der Waals surface area contributed by atoms with Gasteiger partial charge in [0.1, 0.15) is 17.6 Å². The van der Waals surface area contributed by atoms with E-state index in [1.807, 2.05) is 44.3 Å². The number of carbonyl (C=O) groups excluding carboxylic acids is 1. The van der Waals surface area contributed by atoms with Crippen LogP contribution >= 0.6 is 0 Å². The number of amides is 1. The van der Waals surface area contributed by atoms with Crippen molar-refractivity contribution in [3.8, 4) is 17.1 Å². The molecule has 1 amide bonds. The third-order valence-electron chi connectivity index (χ3n) is 4.51. The van der Waals surface area contributed by atoms with Crippen LogP contribution < -0.4 is 15.0 Å². The lowest BCUT2D eigenvalue weighted by molar-refractivity contribution is -0.117. The number of carbonyl (C=O) groups is 1. The Labute approximate surface area is 155 Å². The van der Waals surface area contributed by atoms with Crippen molar-refractivity contribution in [2.45, 2.75) is 19.4 Å². The van der Waals surface area contributed by atoms with Crippen molar-refractivity contribution < 1.29 is 14.1 Å². The summed E-state index contributed by atoms with van der Waals surface area (Å²) in [6.45, 7) is 2.50. The number of benzene rings is 1. The molecule has 1 fully saturated rings. The van der Waals surface area contributed by atoms with Crippen molar-refractivity contribution in [2.75, 3.05) is 23.9 Å².